The van der Waals surface area contributed by atoms with Crippen LogP contribution in [0.15, 0.2) is 24.8 Å². The van der Waals surface area contributed by atoms with Crippen LogP contribution in [0.5, 0.6) is 0 Å². The maximum absolute atomic E-state index is 11.1. The van der Waals surface area contributed by atoms with E-state index in [1.807, 2.05) is 12.5 Å². The smallest absolute Gasteiger partial charge is 0.0992 e. The fraction of sp³-hybridized carbons (Fsp3) is 0.611. The number of hydrogen-bond acceptors (Lipinski definition) is 2. The lowest BCUT2D eigenvalue weighted by Crippen LogP contribution is -2.19. The van der Waals surface area contributed by atoms with Gasteiger partial charge in [-0.25, -0.2) is 4.98 Å². The largest absolute Gasteiger partial charge is 0.388 e. The van der Waals surface area contributed by atoms with E-state index in [4.69, 9.17) is 0 Å². The van der Waals surface area contributed by atoms with Crippen LogP contribution in [0, 0.1) is 17.8 Å². The minimum atomic E-state index is -0.303. The van der Waals surface area contributed by atoms with Crippen molar-refractivity contribution in [1.82, 2.24) is 9.38 Å². The van der Waals surface area contributed by atoms with Crippen LogP contribution in [-0.2, 0) is 0 Å². The van der Waals surface area contributed by atoms with Gasteiger partial charge in [0.15, 0.2) is 0 Å². The summed E-state index contributed by atoms with van der Waals surface area (Å²) in [5.74, 6) is 3.02. The average Bonchev–Trinajstić information content (AvgIpc) is 3.41. The lowest BCUT2D eigenvalue weighted by molar-refractivity contribution is 0.0822. The van der Waals surface area contributed by atoms with Crippen molar-refractivity contribution < 1.29 is 5.11 Å². The minimum Gasteiger partial charge on any atom is -0.388 e. The number of nitrogens with zero attached hydrogens (tertiary/aromatic N) is 2. The molecule has 3 fully saturated rings. The molecule has 5 rings (SSSR count). The van der Waals surface area contributed by atoms with Crippen LogP contribution in [0.1, 0.15) is 61.7 Å². The van der Waals surface area contributed by atoms with Crippen LogP contribution in [0.3, 0.4) is 0 Å². The second kappa shape index (κ2) is 4.33. The highest BCUT2D eigenvalue weighted by atomic mass is 16.3. The van der Waals surface area contributed by atoms with Gasteiger partial charge in [-0.05, 0) is 73.8 Å². The Morgan fingerprint density at radius 3 is 2.86 bits per heavy atom. The molecule has 1 N–H and O–H groups in total. The summed E-state index contributed by atoms with van der Waals surface area (Å²) in [6.45, 7) is 0. The van der Waals surface area contributed by atoms with Gasteiger partial charge in [-0.1, -0.05) is 0 Å². The molecular formula is C18H22N2O. The molecular weight excluding hydrogens is 260 g/mol. The highest BCUT2D eigenvalue weighted by Crippen LogP contribution is 2.55. The number of imidazole rings is 1. The van der Waals surface area contributed by atoms with Crippen molar-refractivity contribution in [1.29, 1.82) is 0 Å². The quantitative estimate of drug-likeness (QED) is 0.932. The topological polar surface area (TPSA) is 37.5 Å². The summed E-state index contributed by atoms with van der Waals surface area (Å²) in [6, 6.07) is 2.22. The van der Waals surface area contributed by atoms with Crippen LogP contribution in [-0.4, -0.2) is 14.5 Å². The Bertz CT molecular complexity index is 688. The predicted octanol–water partition coefficient (Wildman–Crippen LogP) is 3.68. The minimum absolute atomic E-state index is 0.303. The lowest BCUT2D eigenvalue weighted by Gasteiger charge is -2.28. The molecule has 0 saturated heterocycles. The van der Waals surface area contributed by atoms with Gasteiger partial charge in [0.2, 0.25) is 0 Å². The second-order valence-corrected chi connectivity index (χ2v) is 7.42. The number of fused-ring (bicyclic) bond motifs is 2. The van der Waals surface area contributed by atoms with Gasteiger partial charge in [-0.3, -0.25) is 0 Å². The van der Waals surface area contributed by atoms with Gasteiger partial charge < -0.3 is 9.51 Å². The first-order chi connectivity index (χ1) is 10.3. The molecule has 0 aliphatic heterocycles. The zero-order valence-electron chi connectivity index (χ0n) is 12.3. The van der Waals surface area contributed by atoms with Crippen molar-refractivity contribution in [2.75, 3.05) is 0 Å². The van der Waals surface area contributed by atoms with E-state index in [1.54, 1.807) is 0 Å². The molecule has 3 aliphatic carbocycles. The third-order valence-corrected chi connectivity index (χ3v) is 6.01. The summed E-state index contributed by atoms with van der Waals surface area (Å²) >= 11 is 0. The number of pyridine rings is 1. The van der Waals surface area contributed by atoms with E-state index >= 15 is 0 Å². The van der Waals surface area contributed by atoms with Crippen molar-refractivity contribution in [2.24, 2.45) is 17.8 Å². The van der Waals surface area contributed by atoms with Gasteiger partial charge in [0.05, 0.1) is 24.1 Å². The van der Waals surface area contributed by atoms with E-state index in [0.717, 1.165) is 17.4 Å². The Hall–Kier alpha value is -1.35. The maximum atomic E-state index is 11.1. The first-order valence-electron chi connectivity index (χ1n) is 8.44. The van der Waals surface area contributed by atoms with Gasteiger partial charge in [-0.2, -0.15) is 0 Å². The fourth-order valence-corrected chi connectivity index (χ4v) is 4.51. The molecule has 2 heterocycles. The maximum Gasteiger partial charge on any atom is 0.0992 e. The molecule has 2 aromatic heterocycles. The number of aliphatic hydroxyl groups is 1. The molecule has 4 atom stereocenters. The van der Waals surface area contributed by atoms with Gasteiger partial charge >= 0.3 is 0 Å². The molecule has 0 spiro atoms. The molecule has 3 saturated carbocycles. The molecule has 110 valence electrons. The Balaban J connectivity index is 1.57. The summed E-state index contributed by atoms with van der Waals surface area (Å²) < 4.78 is 2.06. The molecule has 4 unspecified atom stereocenters. The van der Waals surface area contributed by atoms with Crippen molar-refractivity contribution in [2.45, 2.75) is 50.5 Å². The summed E-state index contributed by atoms with van der Waals surface area (Å²) in [5.41, 5.74) is 3.68. The Morgan fingerprint density at radius 2 is 2.05 bits per heavy atom. The molecule has 3 nitrogen and oxygen atoms in total. The average molecular weight is 282 g/mol. The standard InChI is InChI=1S/C18H22N2O/c21-18(13-4-3-12-7-14(12)8-13)17-15(11-1-2-11)5-6-20-10-19-9-16(17)20/h5-6,9-14,18,21H,1-4,7-8H2. The molecule has 0 amide bonds. The van der Waals surface area contributed by atoms with Crippen molar-refractivity contribution in [3.8, 4) is 0 Å². The van der Waals surface area contributed by atoms with Gasteiger partial charge in [0.25, 0.3) is 0 Å². The normalized spacial score (nSPS) is 32.9. The Labute approximate surface area is 125 Å². The summed E-state index contributed by atoms with van der Waals surface area (Å²) in [5, 5.41) is 11.1. The molecule has 0 aromatic carbocycles. The van der Waals surface area contributed by atoms with E-state index in [2.05, 4.69) is 21.6 Å². The SMILES string of the molecule is OC(c1c(C2CC2)ccn2cncc12)C1CCC2CC2C1. The van der Waals surface area contributed by atoms with E-state index in [1.165, 1.54) is 49.7 Å². The molecule has 3 aliphatic rings. The molecule has 0 bridgehead atoms. The predicted molar refractivity (Wildman–Crippen MR) is 81.1 cm³/mol. The molecule has 21 heavy (non-hydrogen) atoms. The number of aromatic nitrogens is 2. The van der Waals surface area contributed by atoms with Crippen LogP contribution in [0.4, 0.5) is 0 Å². The highest BCUT2D eigenvalue weighted by Gasteiger charge is 2.44. The van der Waals surface area contributed by atoms with Crippen LogP contribution < -0.4 is 0 Å². The monoisotopic (exact) mass is 282 g/mol. The second-order valence-electron chi connectivity index (χ2n) is 7.42. The van der Waals surface area contributed by atoms with Gasteiger partial charge in [0.1, 0.15) is 0 Å². The molecule has 2 aromatic rings. The summed E-state index contributed by atoms with van der Waals surface area (Å²) in [6.07, 6.45) is 13.3. The van der Waals surface area contributed by atoms with Crippen molar-refractivity contribution >= 4 is 5.52 Å². The van der Waals surface area contributed by atoms with Crippen molar-refractivity contribution in [3.05, 3.63) is 35.9 Å². The summed E-state index contributed by atoms with van der Waals surface area (Å²) in [7, 11) is 0. The van der Waals surface area contributed by atoms with Crippen LogP contribution in [0.2, 0.25) is 0 Å². The van der Waals surface area contributed by atoms with Crippen molar-refractivity contribution in [3.63, 3.8) is 0 Å². The zero-order valence-corrected chi connectivity index (χ0v) is 12.3. The van der Waals surface area contributed by atoms with Gasteiger partial charge in [-0.15, -0.1) is 0 Å². The van der Waals surface area contributed by atoms with Gasteiger partial charge in [0, 0.05) is 11.8 Å². The van der Waals surface area contributed by atoms with E-state index in [9.17, 15) is 5.11 Å². The van der Waals surface area contributed by atoms with E-state index in [0.29, 0.717) is 11.8 Å². The number of aliphatic hydroxyl groups excluding tert-OH is 1. The third kappa shape index (κ3) is 1.94. The number of hydrogen-bond donors (Lipinski definition) is 1. The highest BCUT2D eigenvalue weighted by molar-refractivity contribution is 5.59. The molecule has 3 heteroatoms. The zero-order chi connectivity index (χ0) is 14.0. The van der Waals surface area contributed by atoms with Crippen LogP contribution >= 0.6 is 0 Å². The third-order valence-electron chi connectivity index (χ3n) is 6.01. The first kappa shape index (κ1) is 12.2. The van der Waals surface area contributed by atoms with E-state index in [-0.39, 0.29) is 6.10 Å². The van der Waals surface area contributed by atoms with E-state index < -0.39 is 0 Å². The number of rotatable bonds is 3. The summed E-state index contributed by atoms with van der Waals surface area (Å²) in [4.78, 5) is 4.29. The van der Waals surface area contributed by atoms with Crippen LogP contribution in [0.25, 0.3) is 5.52 Å². The Kier molecular flexibility index (Phi) is 2.52. The first-order valence-corrected chi connectivity index (χ1v) is 8.44. The Morgan fingerprint density at radius 1 is 1.14 bits per heavy atom. The molecule has 0 radical (unpaired) electrons. The lowest BCUT2D eigenvalue weighted by atomic mass is 9.81. The fourth-order valence-electron chi connectivity index (χ4n) is 4.51.